The lowest BCUT2D eigenvalue weighted by Gasteiger charge is -2.09. The minimum atomic E-state index is -0.0231. The van der Waals surface area contributed by atoms with E-state index in [0.717, 1.165) is 0 Å². The van der Waals surface area contributed by atoms with Gasteiger partial charge < -0.3 is 4.90 Å². The first-order valence-electron chi connectivity index (χ1n) is 3.06. The van der Waals surface area contributed by atoms with Crippen molar-refractivity contribution in [2.24, 2.45) is 0 Å². The first kappa shape index (κ1) is 6.86. The van der Waals surface area contributed by atoms with Crippen LogP contribution in [-0.2, 0) is 0 Å². The second-order valence-electron chi connectivity index (χ2n) is 2.27. The van der Waals surface area contributed by atoms with Crippen LogP contribution in [0.4, 0.5) is 4.79 Å². The molecule has 10 heavy (non-hydrogen) atoms. The van der Waals surface area contributed by atoms with Gasteiger partial charge in [-0.05, 0) is 12.1 Å². The van der Waals surface area contributed by atoms with E-state index in [1.54, 1.807) is 26.5 Å². The highest BCUT2D eigenvalue weighted by Crippen LogP contribution is 1.91. The molecule has 0 aliphatic rings. The molecule has 3 nitrogen and oxygen atoms in total. The third-order valence-electron chi connectivity index (χ3n) is 1.21. The number of amides is 1. The smallest absolute Gasteiger partial charge is 0.327 e. The van der Waals surface area contributed by atoms with Gasteiger partial charge in [-0.15, -0.1) is 0 Å². The molecular formula is C7H10N2O. The molecule has 0 atom stereocenters. The summed E-state index contributed by atoms with van der Waals surface area (Å²) in [5.74, 6) is 0. The number of hydrogen-bond donors (Lipinski definition) is 0. The minimum Gasteiger partial charge on any atom is -0.330 e. The van der Waals surface area contributed by atoms with Crippen LogP contribution in [0.25, 0.3) is 0 Å². The lowest BCUT2D eigenvalue weighted by atomic mass is 10.7. The molecule has 0 saturated carbocycles. The molecular weight excluding hydrogens is 128 g/mol. The average molecular weight is 138 g/mol. The summed E-state index contributed by atoms with van der Waals surface area (Å²) in [5, 5.41) is 0. The van der Waals surface area contributed by atoms with E-state index in [1.807, 2.05) is 12.1 Å². The van der Waals surface area contributed by atoms with Crippen LogP contribution in [0, 0.1) is 0 Å². The molecule has 0 aliphatic heterocycles. The largest absolute Gasteiger partial charge is 0.330 e. The van der Waals surface area contributed by atoms with Crippen molar-refractivity contribution in [1.82, 2.24) is 9.47 Å². The van der Waals surface area contributed by atoms with E-state index in [4.69, 9.17) is 0 Å². The molecule has 0 N–H and O–H groups in total. The van der Waals surface area contributed by atoms with E-state index >= 15 is 0 Å². The lowest BCUT2D eigenvalue weighted by molar-refractivity contribution is 0.219. The number of carbonyl (C=O) groups is 1. The Morgan fingerprint density at radius 3 is 2.20 bits per heavy atom. The second-order valence-corrected chi connectivity index (χ2v) is 2.27. The van der Waals surface area contributed by atoms with Gasteiger partial charge in [0.25, 0.3) is 0 Å². The lowest BCUT2D eigenvalue weighted by Crippen LogP contribution is -2.25. The minimum absolute atomic E-state index is 0.0231. The van der Waals surface area contributed by atoms with Crippen LogP contribution in [0.5, 0.6) is 0 Å². The molecule has 54 valence electrons. The van der Waals surface area contributed by atoms with Crippen molar-refractivity contribution in [3.63, 3.8) is 0 Å². The molecule has 3 heteroatoms. The number of aromatic nitrogens is 1. The van der Waals surface area contributed by atoms with Gasteiger partial charge in [-0.2, -0.15) is 0 Å². The van der Waals surface area contributed by atoms with E-state index in [2.05, 4.69) is 0 Å². The Morgan fingerprint density at radius 1 is 1.30 bits per heavy atom. The van der Waals surface area contributed by atoms with Gasteiger partial charge in [0, 0.05) is 26.5 Å². The van der Waals surface area contributed by atoms with E-state index in [1.165, 1.54) is 9.47 Å². The van der Waals surface area contributed by atoms with Crippen LogP contribution in [0.2, 0.25) is 0 Å². The summed E-state index contributed by atoms with van der Waals surface area (Å²) in [7, 11) is 3.45. The zero-order chi connectivity index (χ0) is 7.56. The quantitative estimate of drug-likeness (QED) is 0.525. The average Bonchev–Trinajstić information content (AvgIpc) is 2.36. The first-order chi connectivity index (χ1) is 4.72. The Morgan fingerprint density at radius 2 is 1.80 bits per heavy atom. The first-order valence-corrected chi connectivity index (χ1v) is 3.06. The van der Waals surface area contributed by atoms with Crippen LogP contribution in [0.15, 0.2) is 24.5 Å². The molecule has 1 aromatic rings. The van der Waals surface area contributed by atoms with Crippen LogP contribution in [-0.4, -0.2) is 29.6 Å². The van der Waals surface area contributed by atoms with Gasteiger partial charge in [0.05, 0.1) is 0 Å². The fraction of sp³-hybridized carbons (Fsp3) is 0.286. The SMILES string of the molecule is CN(C)C(=O)n1cccc1. The fourth-order valence-corrected chi connectivity index (χ4v) is 0.693. The molecule has 1 amide bonds. The van der Waals surface area contributed by atoms with Crippen molar-refractivity contribution in [3.8, 4) is 0 Å². The maximum Gasteiger partial charge on any atom is 0.327 e. The summed E-state index contributed by atoms with van der Waals surface area (Å²) in [6.45, 7) is 0. The Kier molecular flexibility index (Phi) is 1.76. The van der Waals surface area contributed by atoms with Gasteiger partial charge in [-0.3, -0.25) is 4.57 Å². The van der Waals surface area contributed by atoms with Crippen molar-refractivity contribution < 1.29 is 4.79 Å². The number of carbonyl (C=O) groups excluding carboxylic acids is 1. The summed E-state index contributed by atoms with van der Waals surface area (Å²) in [6, 6.07) is 3.62. The van der Waals surface area contributed by atoms with E-state index in [9.17, 15) is 4.79 Å². The Labute approximate surface area is 59.9 Å². The molecule has 1 heterocycles. The van der Waals surface area contributed by atoms with Gasteiger partial charge in [-0.1, -0.05) is 0 Å². The molecule has 0 radical (unpaired) electrons. The highest BCUT2D eigenvalue weighted by molar-refractivity contribution is 5.76. The molecule has 0 aromatic carbocycles. The zero-order valence-corrected chi connectivity index (χ0v) is 6.11. The van der Waals surface area contributed by atoms with Crippen LogP contribution in [0.3, 0.4) is 0 Å². The highest BCUT2D eigenvalue weighted by Gasteiger charge is 2.02. The van der Waals surface area contributed by atoms with Crippen molar-refractivity contribution in [3.05, 3.63) is 24.5 Å². The normalized spacial score (nSPS) is 9.40. The molecule has 0 saturated heterocycles. The highest BCUT2D eigenvalue weighted by atomic mass is 16.2. The van der Waals surface area contributed by atoms with Gasteiger partial charge in [0.1, 0.15) is 0 Å². The Hall–Kier alpha value is -1.25. The molecule has 0 unspecified atom stereocenters. The zero-order valence-electron chi connectivity index (χ0n) is 6.11. The van der Waals surface area contributed by atoms with Crippen LogP contribution < -0.4 is 0 Å². The van der Waals surface area contributed by atoms with Crippen LogP contribution in [0.1, 0.15) is 0 Å². The molecule has 0 bridgehead atoms. The van der Waals surface area contributed by atoms with Gasteiger partial charge in [-0.25, -0.2) is 4.79 Å². The second kappa shape index (κ2) is 2.56. The fourth-order valence-electron chi connectivity index (χ4n) is 0.693. The third-order valence-corrected chi connectivity index (χ3v) is 1.21. The summed E-state index contributed by atoms with van der Waals surface area (Å²) in [4.78, 5) is 12.6. The molecule has 1 rings (SSSR count). The topological polar surface area (TPSA) is 25.2 Å². The monoisotopic (exact) mass is 138 g/mol. The van der Waals surface area contributed by atoms with Gasteiger partial charge in [0.15, 0.2) is 0 Å². The van der Waals surface area contributed by atoms with E-state index in [-0.39, 0.29) is 6.03 Å². The molecule has 0 fully saturated rings. The standard InChI is InChI=1S/C7H10N2O/c1-8(2)7(10)9-5-3-4-6-9/h3-6H,1-2H3. The van der Waals surface area contributed by atoms with Crippen molar-refractivity contribution in [2.75, 3.05) is 14.1 Å². The van der Waals surface area contributed by atoms with E-state index in [0.29, 0.717) is 0 Å². The summed E-state index contributed by atoms with van der Waals surface area (Å²) in [6.07, 6.45) is 3.45. The summed E-state index contributed by atoms with van der Waals surface area (Å²) >= 11 is 0. The number of rotatable bonds is 0. The number of nitrogens with zero attached hydrogens (tertiary/aromatic N) is 2. The molecule has 0 spiro atoms. The molecule has 0 aliphatic carbocycles. The van der Waals surface area contributed by atoms with Crippen molar-refractivity contribution >= 4 is 6.03 Å². The predicted octanol–water partition coefficient (Wildman–Crippen LogP) is 1.02. The Bertz CT molecular complexity index is 214. The van der Waals surface area contributed by atoms with Crippen molar-refractivity contribution in [2.45, 2.75) is 0 Å². The van der Waals surface area contributed by atoms with Crippen LogP contribution >= 0.6 is 0 Å². The maximum atomic E-state index is 11.1. The Balaban J connectivity index is 2.78. The molecule has 1 aromatic heterocycles. The van der Waals surface area contributed by atoms with Gasteiger partial charge in [0.2, 0.25) is 0 Å². The van der Waals surface area contributed by atoms with E-state index < -0.39 is 0 Å². The maximum absolute atomic E-state index is 11.1. The van der Waals surface area contributed by atoms with Crippen molar-refractivity contribution in [1.29, 1.82) is 0 Å². The summed E-state index contributed by atoms with van der Waals surface area (Å²) < 4.78 is 1.53. The number of hydrogen-bond acceptors (Lipinski definition) is 1. The summed E-state index contributed by atoms with van der Waals surface area (Å²) in [5.41, 5.74) is 0. The van der Waals surface area contributed by atoms with Gasteiger partial charge >= 0.3 is 6.03 Å². The third kappa shape index (κ3) is 1.18. The predicted molar refractivity (Wildman–Crippen MR) is 38.9 cm³/mol.